The predicted octanol–water partition coefficient (Wildman–Crippen LogP) is 4.51. The van der Waals surface area contributed by atoms with Crippen molar-refractivity contribution < 1.29 is 9.66 Å². The summed E-state index contributed by atoms with van der Waals surface area (Å²) in [4.78, 5) is 20.3. The molecule has 0 bridgehead atoms. The maximum atomic E-state index is 11.6. The van der Waals surface area contributed by atoms with E-state index in [4.69, 9.17) is 16.3 Å². The first-order valence-electron chi connectivity index (χ1n) is 7.94. The average Bonchev–Trinajstić information content (AvgIpc) is 3.15. The SMILES string of the molecule is COc1ccc(Cl)cc1Nc1ncnc(NCCc2cccs2)c1[N+](=O)[O-]. The fourth-order valence-corrected chi connectivity index (χ4v) is 3.32. The number of aromatic nitrogens is 2. The van der Waals surface area contributed by atoms with Gasteiger partial charge in [0.2, 0.25) is 11.6 Å². The molecule has 0 amide bonds. The smallest absolute Gasteiger partial charge is 0.353 e. The normalized spacial score (nSPS) is 10.4. The summed E-state index contributed by atoms with van der Waals surface area (Å²) in [6.07, 6.45) is 2.00. The maximum Gasteiger partial charge on any atom is 0.353 e. The van der Waals surface area contributed by atoms with Crippen molar-refractivity contribution in [3.05, 3.63) is 62.1 Å². The lowest BCUT2D eigenvalue weighted by molar-refractivity contribution is -0.383. The van der Waals surface area contributed by atoms with E-state index in [1.807, 2.05) is 17.5 Å². The third-order valence-corrected chi connectivity index (χ3v) is 4.83. The molecule has 2 N–H and O–H groups in total. The van der Waals surface area contributed by atoms with E-state index in [0.717, 1.165) is 6.42 Å². The zero-order valence-electron chi connectivity index (χ0n) is 14.3. The lowest BCUT2D eigenvalue weighted by Gasteiger charge is -2.12. The van der Waals surface area contributed by atoms with Crippen molar-refractivity contribution in [2.45, 2.75) is 6.42 Å². The maximum absolute atomic E-state index is 11.6. The molecule has 3 rings (SSSR count). The molecule has 2 aromatic heterocycles. The second-order valence-electron chi connectivity index (χ2n) is 5.40. The molecule has 0 aliphatic heterocycles. The van der Waals surface area contributed by atoms with E-state index in [1.165, 1.54) is 18.3 Å². The van der Waals surface area contributed by atoms with E-state index in [1.54, 1.807) is 29.5 Å². The van der Waals surface area contributed by atoms with Gasteiger partial charge in [-0.1, -0.05) is 17.7 Å². The van der Waals surface area contributed by atoms with Gasteiger partial charge in [0.1, 0.15) is 12.1 Å². The van der Waals surface area contributed by atoms with Crippen molar-refractivity contribution >= 4 is 45.9 Å². The summed E-state index contributed by atoms with van der Waals surface area (Å²) in [5.74, 6) is 0.684. The molecule has 1 aromatic carbocycles. The number of ether oxygens (including phenoxy) is 1. The zero-order valence-corrected chi connectivity index (χ0v) is 15.9. The van der Waals surface area contributed by atoms with Crippen LogP contribution >= 0.6 is 22.9 Å². The van der Waals surface area contributed by atoms with Crippen LogP contribution in [0.1, 0.15) is 4.88 Å². The molecule has 27 heavy (non-hydrogen) atoms. The van der Waals surface area contributed by atoms with Crippen molar-refractivity contribution in [1.82, 2.24) is 9.97 Å². The largest absolute Gasteiger partial charge is 0.495 e. The topological polar surface area (TPSA) is 102 Å². The number of nitro groups is 1. The van der Waals surface area contributed by atoms with Gasteiger partial charge in [-0.15, -0.1) is 11.3 Å². The van der Waals surface area contributed by atoms with Crippen LogP contribution in [0.25, 0.3) is 0 Å². The average molecular weight is 406 g/mol. The number of halogens is 1. The van der Waals surface area contributed by atoms with E-state index < -0.39 is 4.92 Å². The first kappa shape index (κ1) is 18.9. The molecule has 0 fully saturated rings. The third-order valence-electron chi connectivity index (χ3n) is 3.66. The molecule has 0 aliphatic rings. The zero-order chi connectivity index (χ0) is 19.2. The van der Waals surface area contributed by atoms with Crippen LogP contribution in [-0.2, 0) is 6.42 Å². The van der Waals surface area contributed by atoms with Crippen LogP contribution in [-0.4, -0.2) is 28.5 Å². The molecule has 0 saturated carbocycles. The Morgan fingerprint density at radius 1 is 1.30 bits per heavy atom. The molecule has 0 atom stereocenters. The Bertz CT molecular complexity index is 936. The fourth-order valence-electron chi connectivity index (χ4n) is 2.44. The number of hydrogen-bond donors (Lipinski definition) is 2. The molecule has 0 unspecified atom stereocenters. The number of hydrogen-bond acceptors (Lipinski definition) is 8. The monoisotopic (exact) mass is 405 g/mol. The number of rotatable bonds is 8. The van der Waals surface area contributed by atoms with Crippen molar-refractivity contribution in [3.63, 3.8) is 0 Å². The summed E-state index contributed by atoms with van der Waals surface area (Å²) >= 11 is 7.65. The minimum Gasteiger partial charge on any atom is -0.495 e. The van der Waals surface area contributed by atoms with Gasteiger partial charge < -0.3 is 15.4 Å². The van der Waals surface area contributed by atoms with Crippen molar-refractivity contribution in [3.8, 4) is 5.75 Å². The highest BCUT2D eigenvalue weighted by Crippen LogP contribution is 2.35. The minimum absolute atomic E-state index is 0.0502. The standard InChI is InChI=1S/C17H16ClN5O3S/c1-26-14-5-4-11(18)9-13(14)22-17-15(23(24)25)16(20-10-21-17)19-7-6-12-3-2-8-27-12/h2-5,8-10H,6-7H2,1H3,(H2,19,20,21,22). The Morgan fingerprint density at radius 2 is 2.11 bits per heavy atom. The summed E-state index contributed by atoms with van der Waals surface area (Å²) in [5.41, 5.74) is 0.224. The number of nitrogens with one attached hydrogen (secondary N) is 2. The van der Waals surface area contributed by atoms with Crippen LogP contribution in [0.4, 0.5) is 23.0 Å². The van der Waals surface area contributed by atoms with E-state index in [2.05, 4.69) is 20.6 Å². The van der Waals surface area contributed by atoms with E-state index in [-0.39, 0.29) is 17.3 Å². The van der Waals surface area contributed by atoms with Crippen LogP contribution in [0.15, 0.2) is 42.0 Å². The summed E-state index contributed by atoms with van der Waals surface area (Å²) in [6.45, 7) is 0.512. The van der Waals surface area contributed by atoms with E-state index >= 15 is 0 Å². The van der Waals surface area contributed by atoms with E-state index in [9.17, 15) is 10.1 Å². The Kier molecular flexibility index (Phi) is 6.05. The van der Waals surface area contributed by atoms with Gasteiger partial charge in [-0.2, -0.15) is 0 Å². The number of thiophene rings is 1. The molecule has 0 radical (unpaired) electrons. The first-order valence-corrected chi connectivity index (χ1v) is 9.20. The van der Waals surface area contributed by atoms with Gasteiger partial charge in [0.25, 0.3) is 0 Å². The molecule has 0 saturated heterocycles. The third kappa shape index (κ3) is 4.63. The lowest BCUT2D eigenvalue weighted by Crippen LogP contribution is -2.10. The molecular weight excluding hydrogens is 390 g/mol. The number of anilines is 3. The van der Waals surface area contributed by atoms with Crippen LogP contribution in [0.2, 0.25) is 5.02 Å². The summed E-state index contributed by atoms with van der Waals surface area (Å²) in [6, 6.07) is 8.91. The van der Waals surface area contributed by atoms with Crippen molar-refractivity contribution in [2.75, 3.05) is 24.3 Å². The van der Waals surface area contributed by atoms with Gasteiger partial charge >= 0.3 is 5.69 Å². The molecule has 0 spiro atoms. The van der Waals surface area contributed by atoms with Gasteiger partial charge in [-0.25, -0.2) is 9.97 Å². The quantitative estimate of drug-likeness (QED) is 0.420. The molecule has 10 heteroatoms. The molecule has 140 valence electrons. The van der Waals surface area contributed by atoms with Crippen molar-refractivity contribution in [1.29, 1.82) is 0 Å². The molecule has 0 aliphatic carbocycles. The van der Waals surface area contributed by atoms with Gasteiger partial charge in [0.05, 0.1) is 17.7 Å². The summed E-state index contributed by atoms with van der Waals surface area (Å²) < 4.78 is 5.26. The lowest BCUT2D eigenvalue weighted by atomic mass is 10.3. The second kappa shape index (κ2) is 8.65. The van der Waals surface area contributed by atoms with Crippen LogP contribution < -0.4 is 15.4 Å². The molecule has 3 aromatic rings. The second-order valence-corrected chi connectivity index (χ2v) is 6.87. The Hall–Kier alpha value is -2.91. The van der Waals surface area contributed by atoms with Crippen LogP contribution in [0, 0.1) is 10.1 Å². The predicted molar refractivity (Wildman–Crippen MR) is 106 cm³/mol. The van der Waals surface area contributed by atoms with Crippen molar-refractivity contribution in [2.24, 2.45) is 0 Å². The molecular formula is C17H16ClN5O3S. The fraction of sp³-hybridized carbons (Fsp3) is 0.176. The van der Waals surface area contributed by atoms with Gasteiger partial charge in [-0.05, 0) is 36.1 Å². The Balaban J connectivity index is 1.85. The highest BCUT2D eigenvalue weighted by atomic mass is 35.5. The molecule has 2 heterocycles. The number of methoxy groups -OCH3 is 1. The molecule has 8 nitrogen and oxygen atoms in total. The Morgan fingerprint density at radius 3 is 2.81 bits per heavy atom. The number of benzene rings is 1. The minimum atomic E-state index is -0.521. The highest BCUT2D eigenvalue weighted by Gasteiger charge is 2.23. The summed E-state index contributed by atoms with van der Waals surface area (Å²) in [7, 11) is 1.50. The summed E-state index contributed by atoms with van der Waals surface area (Å²) in [5, 5.41) is 20.0. The van der Waals surface area contributed by atoms with Gasteiger partial charge in [0, 0.05) is 16.4 Å². The van der Waals surface area contributed by atoms with E-state index in [0.29, 0.717) is 23.0 Å². The van der Waals surface area contributed by atoms with Crippen LogP contribution in [0.3, 0.4) is 0 Å². The van der Waals surface area contributed by atoms with Crippen LogP contribution in [0.5, 0.6) is 5.75 Å². The number of nitrogens with zero attached hydrogens (tertiary/aromatic N) is 3. The van der Waals surface area contributed by atoms with Gasteiger partial charge in [-0.3, -0.25) is 10.1 Å². The first-order chi connectivity index (χ1) is 13.1. The Labute approximate surface area is 164 Å². The highest BCUT2D eigenvalue weighted by molar-refractivity contribution is 7.09. The van der Waals surface area contributed by atoms with Gasteiger partial charge in [0.15, 0.2) is 0 Å².